The van der Waals surface area contributed by atoms with E-state index in [2.05, 4.69) is 4.90 Å². The third-order valence-electron chi connectivity index (χ3n) is 5.08. The largest absolute Gasteiger partial charge is 0.391 e. The van der Waals surface area contributed by atoms with Crippen molar-refractivity contribution in [3.05, 3.63) is 35.6 Å². The van der Waals surface area contributed by atoms with Crippen LogP contribution in [0.3, 0.4) is 0 Å². The second-order valence-electron chi connectivity index (χ2n) is 6.58. The number of amides is 1. The molecule has 1 saturated heterocycles. The lowest BCUT2D eigenvalue weighted by molar-refractivity contribution is 0.0216. The van der Waals surface area contributed by atoms with Crippen molar-refractivity contribution in [2.24, 2.45) is 0 Å². The molecule has 1 aromatic rings. The monoisotopic (exact) mass is 320 g/mol. The number of hydrogen-bond acceptors (Lipinski definition) is 3. The zero-order valence-electron chi connectivity index (χ0n) is 13.5. The molecule has 1 saturated carbocycles. The third-order valence-corrected chi connectivity index (χ3v) is 5.08. The van der Waals surface area contributed by atoms with E-state index in [4.69, 9.17) is 0 Å². The van der Waals surface area contributed by atoms with Gasteiger partial charge in [0.25, 0.3) is 5.91 Å². The predicted molar refractivity (Wildman–Crippen MR) is 86.8 cm³/mol. The summed E-state index contributed by atoms with van der Waals surface area (Å²) in [5, 5.41) is 10.2. The molecule has 3 rings (SSSR count). The molecule has 2 fully saturated rings. The van der Waals surface area contributed by atoms with Gasteiger partial charge in [-0.15, -0.1) is 0 Å². The molecule has 5 heteroatoms. The van der Waals surface area contributed by atoms with Gasteiger partial charge < -0.3 is 10.0 Å². The summed E-state index contributed by atoms with van der Waals surface area (Å²) in [5.41, 5.74) is 0.152. The number of aliphatic hydroxyl groups excluding tert-OH is 1. The minimum absolute atomic E-state index is 0.152. The van der Waals surface area contributed by atoms with Gasteiger partial charge in [0.15, 0.2) is 0 Å². The van der Waals surface area contributed by atoms with Gasteiger partial charge in [0.2, 0.25) is 0 Å². The first-order valence-corrected chi connectivity index (χ1v) is 8.63. The Labute approximate surface area is 136 Å². The van der Waals surface area contributed by atoms with Gasteiger partial charge >= 0.3 is 0 Å². The lowest BCUT2D eigenvalue weighted by Crippen LogP contribution is -2.47. The molecular weight excluding hydrogens is 295 g/mol. The molecule has 23 heavy (non-hydrogen) atoms. The Kier molecular flexibility index (Phi) is 5.28. The van der Waals surface area contributed by atoms with Gasteiger partial charge in [-0.3, -0.25) is 9.69 Å². The maximum Gasteiger partial charge on any atom is 0.256 e. The van der Waals surface area contributed by atoms with Crippen LogP contribution in [0.5, 0.6) is 0 Å². The van der Waals surface area contributed by atoms with Crippen LogP contribution in [0.1, 0.15) is 42.5 Å². The van der Waals surface area contributed by atoms with E-state index in [0.717, 1.165) is 45.2 Å². The van der Waals surface area contributed by atoms with Crippen LogP contribution in [0, 0.1) is 5.82 Å². The summed E-state index contributed by atoms with van der Waals surface area (Å²) in [4.78, 5) is 16.6. The Hall–Kier alpha value is -1.46. The van der Waals surface area contributed by atoms with Crippen molar-refractivity contribution >= 4 is 5.91 Å². The number of aliphatic hydroxyl groups is 1. The van der Waals surface area contributed by atoms with E-state index in [9.17, 15) is 14.3 Å². The normalized spacial score (nSPS) is 26.8. The summed E-state index contributed by atoms with van der Waals surface area (Å²) >= 11 is 0. The van der Waals surface area contributed by atoms with Gasteiger partial charge in [0.1, 0.15) is 5.82 Å². The van der Waals surface area contributed by atoms with E-state index in [1.807, 2.05) is 0 Å². The first-order chi connectivity index (χ1) is 11.2. The molecule has 0 bridgehead atoms. The average Bonchev–Trinajstić information content (AvgIpc) is 2.81. The minimum Gasteiger partial charge on any atom is -0.391 e. The fraction of sp³-hybridized carbons (Fsp3) is 0.611. The molecule has 126 valence electrons. The molecular formula is C18H25FN2O2. The van der Waals surface area contributed by atoms with Crippen LogP contribution in [0.2, 0.25) is 0 Å². The molecule has 1 aliphatic carbocycles. The highest BCUT2D eigenvalue weighted by atomic mass is 19.1. The highest BCUT2D eigenvalue weighted by Crippen LogP contribution is 2.24. The van der Waals surface area contributed by atoms with Gasteiger partial charge in [0, 0.05) is 32.2 Å². The zero-order chi connectivity index (χ0) is 16.2. The first-order valence-electron chi connectivity index (χ1n) is 8.63. The summed E-state index contributed by atoms with van der Waals surface area (Å²) < 4.78 is 13.8. The fourth-order valence-electron chi connectivity index (χ4n) is 3.79. The van der Waals surface area contributed by atoms with Gasteiger partial charge in [-0.25, -0.2) is 4.39 Å². The van der Waals surface area contributed by atoms with Crippen molar-refractivity contribution in [2.75, 3.05) is 26.2 Å². The van der Waals surface area contributed by atoms with Gasteiger partial charge in [-0.2, -0.15) is 0 Å². The SMILES string of the molecule is O=C(c1ccccc1F)N1CCCN(C2CCCCC2O)CC1. The summed E-state index contributed by atoms with van der Waals surface area (Å²) in [6, 6.07) is 6.38. The summed E-state index contributed by atoms with van der Waals surface area (Å²) in [6.07, 6.45) is 4.78. The molecule has 2 unspecified atom stereocenters. The van der Waals surface area contributed by atoms with Crippen LogP contribution in [0.4, 0.5) is 4.39 Å². The van der Waals surface area contributed by atoms with Crippen LogP contribution in [-0.2, 0) is 0 Å². The molecule has 1 heterocycles. The van der Waals surface area contributed by atoms with Gasteiger partial charge in [0.05, 0.1) is 11.7 Å². The molecule has 0 spiro atoms. The van der Waals surface area contributed by atoms with Crippen molar-refractivity contribution in [3.63, 3.8) is 0 Å². The van der Waals surface area contributed by atoms with Crippen molar-refractivity contribution in [1.82, 2.24) is 9.80 Å². The second kappa shape index (κ2) is 7.41. The highest BCUT2D eigenvalue weighted by molar-refractivity contribution is 5.94. The molecule has 2 atom stereocenters. The maximum absolute atomic E-state index is 13.8. The molecule has 0 aromatic heterocycles. The van der Waals surface area contributed by atoms with E-state index >= 15 is 0 Å². The van der Waals surface area contributed by atoms with Gasteiger partial charge in [-0.05, 0) is 31.4 Å². The molecule has 1 N–H and O–H groups in total. The molecule has 4 nitrogen and oxygen atoms in total. The number of carbonyl (C=O) groups is 1. The standard InChI is InChI=1S/C18H25FN2O2/c19-15-7-2-1-6-14(15)18(23)21-11-5-10-20(12-13-21)16-8-3-4-9-17(16)22/h1-2,6-7,16-17,22H,3-5,8-13H2. The van der Waals surface area contributed by atoms with Crippen molar-refractivity contribution in [3.8, 4) is 0 Å². The number of benzene rings is 1. The summed E-state index contributed by atoms with van der Waals surface area (Å²) in [7, 11) is 0. The van der Waals surface area contributed by atoms with Crippen LogP contribution < -0.4 is 0 Å². The molecule has 2 aliphatic rings. The van der Waals surface area contributed by atoms with Crippen LogP contribution in [0.25, 0.3) is 0 Å². The van der Waals surface area contributed by atoms with E-state index in [-0.39, 0.29) is 23.6 Å². The van der Waals surface area contributed by atoms with Crippen LogP contribution >= 0.6 is 0 Å². The summed E-state index contributed by atoms with van der Waals surface area (Å²) in [5.74, 6) is -0.685. The Morgan fingerprint density at radius 2 is 1.83 bits per heavy atom. The third kappa shape index (κ3) is 3.72. The Morgan fingerprint density at radius 3 is 2.61 bits per heavy atom. The van der Waals surface area contributed by atoms with Crippen molar-refractivity contribution < 1.29 is 14.3 Å². The highest BCUT2D eigenvalue weighted by Gasteiger charge is 2.31. The predicted octanol–water partition coefficient (Wildman–Crippen LogP) is 2.28. The second-order valence-corrected chi connectivity index (χ2v) is 6.58. The number of carbonyl (C=O) groups excluding carboxylic acids is 1. The van der Waals surface area contributed by atoms with Crippen LogP contribution in [0.15, 0.2) is 24.3 Å². The number of hydrogen-bond donors (Lipinski definition) is 1. The van der Waals surface area contributed by atoms with E-state index < -0.39 is 5.82 Å². The molecule has 1 amide bonds. The summed E-state index contributed by atoms with van der Waals surface area (Å²) in [6.45, 7) is 2.88. The minimum atomic E-state index is -0.457. The topological polar surface area (TPSA) is 43.8 Å². The smallest absolute Gasteiger partial charge is 0.256 e. The van der Waals surface area contributed by atoms with E-state index in [0.29, 0.717) is 13.1 Å². The quantitative estimate of drug-likeness (QED) is 0.909. The van der Waals surface area contributed by atoms with Gasteiger partial charge in [-0.1, -0.05) is 25.0 Å². The lowest BCUT2D eigenvalue weighted by Gasteiger charge is -2.37. The van der Waals surface area contributed by atoms with Crippen molar-refractivity contribution in [1.29, 1.82) is 0 Å². The molecule has 1 aliphatic heterocycles. The Bertz CT molecular complexity index is 552. The number of nitrogens with zero attached hydrogens (tertiary/aromatic N) is 2. The Morgan fingerprint density at radius 1 is 1.04 bits per heavy atom. The fourth-order valence-corrected chi connectivity index (χ4v) is 3.79. The van der Waals surface area contributed by atoms with Crippen LogP contribution in [-0.4, -0.2) is 59.1 Å². The Balaban J connectivity index is 1.64. The number of rotatable bonds is 2. The average molecular weight is 320 g/mol. The van der Waals surface area contributed by atoms with E-state index in [1.54, 1.807) is 23.1 Å². The number of halogens is 1. The lowest BCUT2D eigenvalue weighted by atomic mass is 9.91. The zero-order valence-corrected chi connectivity index (χ0v) is 13.5. The molecule has 0 radical (unpaired) electrons. The van der Waals surface area contributed by atoms with E-state index in [1.165, 1.54) is 6.07 Å². The maximum atomic E-state index is 13.8. The molecule has 1 aromatic carbocycles. The van der Waals surface area contributed by atoms with Crippen molar-refractivity contribution in [2.45, 2.75) is 44.2 Å². The first kappa shape index (κ1) is 16.4.